The van der Waals surface area contributed by atoms with E-state index in [2.05, 4.69) is 6.92 Å². The normalized spacial score (nSPS) is 16.9. The summed E-state index contributed by atoms with van der Waals surface area (Å²) in [4.78, 5) is 23.8. The van der Waals surface area contributed by atoms with E-state index in [0.717, 1.165) is 0 Å². The molecular formula is C12H21NO3. The van der Waals surface area contributed by atoms with Crippen LogP contribution in [0.25, 0.3) is 0 Å². The van der Waals surface area contributed by atoms with E-state index in [9.17, 15) is 9.59 Å². The molecule has 4 heteroatoms. The predicted octanol–water partition coefficient (Wildman–Crippen LogP) is 1.89. The maximum Gasteiger partial charge on any atom is 0.303 e. The van der Waals surface area contributed by atoms with Gasteiger partial charge in [-0.05, 0) is 38.5 Å². The molecule has 0 spiro atoms. The molecule has 0 aromatic rings. The Morgan fingerprint density at radius 1 is 1.31 bits per heavy atom. The molecular weight excluding hydrogens is 206 g/mol. The summed E-state index contributed by atoms with van der Waals surface area (Å²) in [6.07, 6.45) is 4.37. The third-order valence-electron chi connectivity index (χ3n) is 3.34. The van der Waals surface area contributed by atoms with Gasteiger partial charge in [-0.25, -0.2) is 0 Å². The highest BCUT2D eigenvalue weighted by atomic mass is 16.4. The summed E-state index contributed by atoms with van der Waals surface area (Å²) in [5.41, 5.74) is 0. The van der Waals surface area contributed by atoms with Crippen molar-refractivity contribution in [2.45, 2.75) is 51.5 Å². The number of carboxylic acids is 1. The first-order valence-corrected chi connectivity index (χ1v) is 6.00. The summed E-state index contributed by atoms with van der Waals surface area (Å²) in [7, 11) is 1.85. The lowest BCUT2D eigenvalue weighted by atomic mass is 10.1. The van der Waals surface area contributed by atoms with Crippen molar-refractivity contribution in [3.63, 3.8) is 0 Å². The molecule has 1 unspecified atom stereocenters. The Bertz CT molecular complexity index is 261. The monoisotopic (exact) mass is 227 g/mol. The molecule has 1 amide bonds. The van der Waals surface area contributed by atoms with Crippen LogP contribution in [-0.2, 0) is 9.59 Å². The smallest absolute Gasteiger partial charge is 0.303 e. The van der Waals surface area contributed by atoms with E-state index in [0.29, 0.717) is 31.2 Å². The predicted molar refractivity (Wildman–Crippen MR) is 61.1 cm³/mol. The van der Waals surface area contributed by atoms with Crippen LogP contribution in [0.2, 0.25) is 0 Å². The summed E-state index contributed by atoms with van der Waals surface area (Å²) >= 11 is 0. The van der Waals surface area contributed by atoms with E-state index in [1.54, 1.807) is 0 Å². The lowest BCUT2D eigenvalue weighted by molar-refractivity contribution is -0.137. The summed E-state index contributed by atoms with van der Waals surface area (Å²) in [6.45, 7) is 2.09. The number of carbonyl (C=O) groups is 2. The molecule has 1 aliphatic carbocycles. The zero-order valence-corrected chi connectivity index (χ0v) is 10.1. The van der Waals surface area contributed by atoms with E-state index < -0.39 is 5.97 Å². The van der Waals surface area contributed by atoms with Crippen LogP contribution in [0, 0.1) is 5.92 Å². The first kappa shape index (κ1) is 13.0. The number of carbonyl (C=O) groups excluding carboxylic acids is 1. The molecule has 1 atom stereocenters. The molecule has 1 fully saturated rings. The molecule has 4 nitrogen and oxygen atoms in total. The Morgan fingerprint density at radius 2 is 1.88 bits per heavy atom. The largest absolute Gasteiger partial charge is 0.481 e. The van der Waals surface area contributed by atoms with Gasteiger partial charge in [0.15, 0.2) is 0 Å². The second-order valence-corrected chi connectivity index (χ2v) is 4.68. The van der Waals surface area contributed by atoms with Crippen LogP contribution >= 0.6 is 0 Å². The van der Waals surface area contributed by atoms with Gasteiger partial charge in [-0.15, -0.1) is 0 Å². The fourth-order valence-corrected chi connectivity index (χ4v) is 1.85. The van der Waals surface area contributed by atoms with Crippen molar-refractivity contribution in [3.8, 4) is 0 Å². The van der Waals surface area contributed by atoms with Gasteiger partial charge in [0.25, 0.3) is 0 Å². The highest BCUT2D eigenvalue weighted by molar-refractivity contribution is 5.76. The Labute approximate surface area is 96.6 Å². The zero-order chi connectivity index (χ0) is 12.1. The molecule has 0 radical (unpaired) electrons. The van der Waals surface area contributed by atoms with Crippen LogP contribution in [0.1, 0.15) is 45.4 Å². The quantitative estimate of drug-likeness (QED) is 0.676. The third kappa shape index (κ3) is 4.21. The first-order chi connectivity index (χ1) is 7.52. The Morgan fingerprint density at radius 3 is 2.38 bits per heavy atom. The number of hydrogen-bond donors (Lipinski definition) is 1. The minimum Gasteiger partial charge on any atom is -0.481 e. The molecule has 0 saturated heterocycles. The number of rotatable bonds is 7. The number of unbranched alkanes of at least 4 members (excludes halogenated alkanes) is 1. The van der Waals surface area contributed by atoms with Crippen molar-refractivity contribution in [2.75, 3.05) is 7.05 Å². The second kappa shape index (κ2) is 5.87. The zero-order valence-electron chi connectivity index (χ0n) is 10.1. The highest BCUT2D eigenvalue weighted by Crippen LogP contribution is 2.34. The Balaban J connectivity index is 2.15. The molecule has 92 valence electrons. The maximum absolute atomic E-state index is 11.7. The number of nitrogens with zero attached hydrogens (tertiary/aromatic N) is 1. The molecule has 0 aliphatic heterocycles. The molecule has 1 aliphatic rings. The average molecular weight is 227 g/mol. The summed E-state index contributed by atoms with van der Waals surface area (Å²) in [6, 6.07) is 0.340. The van der Waals surface area contributed by atoms with Gasteiger partial charge in [0.05, 0.1) is 0 Å². The lowest BCUT2D eigenvalue weighted by Crippen LogP contribution is -2.36. The van der Waals surface area contributed by atoms with E-state index in [1.807, 2.05) is 11.9 Å². The molecule has 1 saturated carbocycles. The molecule has 0 bridgehead atoms. The van der Waals surface area contributed by atoms with Gasteiger partial charge < -0.3 is 10.0 Å². The van der Waals surface area contributed by atoms with Gasteiger partial charge in [-0.2, -0.15) is 0 Å². The maximum atomic E-state index is 11.7. The second-order valence-electron chi connectivity index (χ2n) is 4.68. The highest BCUT2D eigenvalue weighted by Gasteiger charge is 2.32. The number of carboxylic acid groups (broad SMARTS) is 1. The van der Waals surface area contributed by atoms with E-state index in [1.165, 1.54) is 12.8 Å². The van der Waals surface area contributed by atoms with Crippen molar-refractivity contribution >= 4 is 11.9 Å². The summed E-state index contributed by atoms with van der Waals surface area (Å²) in [5, 5.41) is 8.46. The molecule has 0 aromatic carbocycles. The van der Waals surface area contributed by atoms with Crippen molar-refractivity contribution in [1.29, 1.82) is 0 Å². The minimum absolute atomic E-state index is 0.143. The summed E-state index contributed by atoms with van der Waals surface area (Å²) in [5.74, 6) is 0.0462. The molecule has 16 heavy (non-hydrogen) atoms. The van der Waals surface area contributed by atoms with Crippen LogP contribution in [0.4, 0.5) is 0 Å². The Hall–Kier alpha value is -1.06. The number of hydrogen-bond acceptors (Lipinski definition) is 2. The van der Waals surface area contributed by atoms with Gasteiger partial charge in [0, 0.05) is 25.9 Å². The van der Waals surface area contributed by atoms with Gasteiger partial charge in [0.2, 0.25) is 5.91 Å². The molecule has 0 aromatic heterocycles. The number of amides is 1. The van der Waals surface area contributed by atoms with E-state index in [4.69, 9.17) is 5.11 Å². The molecule has 1 rings (SSSR count). The number of aliphatic carboxylic acids is 1. The van der Waals surface area contributed by atoms with Crippen molar-refractivity contribution in [3.05, 3.63) is 0 Å². The van der Waals surface area contributed by atoms with Gasteiger partial charge in [0.1, 0.15) is 0 Å². The topological polar surface area (TPSA) is 57.6 Å². The van der Waals surface area contributed by atoms with Crippen LogP contribution in [0.5, 0.6) is 0 Å². The van der Waals surface area contributed by atoms with Crippen molar-refractivity contribution < 1.29 is 14.7 Å². The SMILES string of the molecule is CC(C1CC1)N(C)C(=O)CCCCC(=O)O. The summed E-state index contributed by atoms with van der Waals surface area (Å²) < 4.78 is 0. The van der Waals surface area contributed by atoms with Crippen LogP contribution in [0.3, 0.4) is 0 Å². The van der Waals surface area contributed by atoms with Crippen LogP contribution < -0.4 is 0 Å². The molecule has 0 heterocycles. The fraction of sp³-hybridized carbons (Fsp3) is 0.833. The van der Waals surface area contributed by atoms with Gasteiger partial charge in [-0.1, -0.05) is 0 Å². The Kier molecular flexibility index (Phi) is 4.77. The standard InChI is InChI=1S/C12H21NO3/c1-9(10-7-8-10)13(2)11(14)5-3-4-6-12(15)16/h9-10H,3-8H2,1-2H3,(H,15,16). The van der Waals surface area contributed by atoms with Crippen LogP contribution in [0.15, 0.2) is 0 Å². The van der Waals surface area contributed by atoms with Gasteiger partial charge in [-0.3, -0.25) is 9.59 Å². The van der Waals surface area contributed by atoms with E-state index in [-0.39, 0.29) is 12.3 Å². The minimum atomic E-state index is -0.785. The fourth-order valence-electron chi connectivity index (χ4n) is 1.85. The van der Waals surface area contributed by atoms with Gasteiger partial charge >= 0.3 is 5.97 Å². The first-order valence-electron chi connectivity index (χ1n) is 6.00. The van der Waals surface area contributed by atoms with Crippen molar-refractivity contribution in [2.24, 2.45) is 5.92 Å². The van der Waals surface area contributed by atoms with Crippen molar-refractivity contribution in [1.82, 2.24) is 4.90 Å². The lowest BCUT2D eigenvalue weighted by Gasteiger charge is -2.24. The third-order valence-corrected chi connectivity index (χ3v) is 3.34. The van der Waals surface area contributed by atoms with E-state index >= 15 is 0 Å². The average Bonchev–Trinajstić information content (AvgIpc) is 3.05. The molecule has 1 N–H and O–H groups in total. The van der Waals surface area contributed by atoms with Crippen LogP contribution in [-0.4, -0.2) is 35.0 Å².